The molecule has 1 aromatic carbocycles. The maximum atomic E-state index is 14.0. The number of nitrogens with one attached hydrogen (secondary N) is 2. The van der Waals surface area contributed by atoms with Crippen molar-refractivity contribution in [3.8, 4) is 0 Å². The Hall–Kier alpha value is -3.00. The summed E-state index contributed by atoms with van der Waals surface area (Å²) in [6, 6.07) is 6.69. The van der Waals surface area contributed by atoms with Crippen LogP contribution in [-0.4, -0.2) is 53.2 Å². The predicted molar refractivity (Wildman–Crippen MR) is 104 cm³/mol. The monoisotopic (exact) mass is 383 g/mol. The maximum Gasteiger partial charge on any atom is 0.267 e. The number of aryl methyl sites for hydroxylation is 1. The number of benzene rings is 1. The normalized spacial score (nSPS) is 19.3. The van der Waals surface area contributed by atoms with Gasteiger partial charge >= 0.3 is 0 Å². The fourth-order valence-electron chi connectivity index (χ4n) is 3.73. The van der Waals surface area contributed by atoms with Crippen molar-refractivity contribution in [2.75, 3.05) is 25.1 Å². The fraction of sp³-hybridized carbons (Fsp3) is 0.350. The summed E-state index contributed by atoms with van der Waals surface area (Å²) in [5.41, 5.74) is 1.62. The number of carbonyl (C=O) groups is 1. The number of hydrogen-bond donors (Lipinski definition) is 2. The van der Waals surface area contributed by atoms with Crippen LogP contribution < -0.4 is 10.2 Å². The number of aromatic nitrogens is 3. The summed E-state index contributed by atoms with van der Waals surface area (Å²) in [5.74, 6) is 0.170. The smallest absolute Gasteiger partial charge is 0.267 e. The van der Waals surface area contributed by atoms with Crippen LogP contribution in [0.25, 0.3) is 10.9 Å². The third kappa shape index (κ3) is 3.43. The molecule has 1 aliphatic heterocycles. The van der Waals surface area contributed by atoms with Crippen LogP contribution >= 0.6 is 0 Å². The molecule has 0 saturated carbocycles. The lowest BCUT2D eigenvalue weighted by molar-refractivity contribution is 0.0942. The quantitative estimate of drug-likeness (QED) is 0.707. The summed E-state index contributed by atoms with van der Waals surface area (Å²) in [6.07, 6.45) is 4.05. The molecule has 0 aliphatic carbocycles. The van der Waals surface area contributed by atoms with Crippen LogP contribution in [0.3, 0.4) is 0 Å². The van der Waals surface area contributed by atoms with Crippen LogP contribution in [0, 0.1) is 12.7 Å². The maximum absolute atomic E-state index is 14.0. The molecule has 1 aliphatic rings. The van der Waals surface area contributed by atoms with E-state index in [1.807, 2.05) is 13.0 Å². The van der Waals surface area contributed by atoms with E-state index >= 15 is 0 Å². The summed E-state index contributed by atoms with van der Waals surface area (Å²) in [6.45, 7) is 3.02. The summed E-state index contributed by atoms with van der Waals surface area (Å²) < 4.78 is 19.5. The summed E-state index contributed by atoms with van der Waals surface area (Å²) in [4.78, 5) is 25.9. The second-order valence-electron chi connectivity index (χ2n) is 7.01. The largest absolute Gasteiger partial charge is 0.380 e. The van der Waals surface area contributed by atoms with E-state index in [4.69, 9.17) is 4.74 Å². The van der Waals surface area contributed by atoms with Crippen LogP contribution in [0.15, 0.2) is 36.8 Å². The number of H-pyrrole nitrogens is 1. The molecular formula is C20H22FN5O2. The number of nitrogens with zero attached hydrogens (tertiary/aromatic N) is 3. The molecule has 2 aromatic heterocycles. The molecule has 8 heteroatoms. The van der Waals surface area contributed by atoms with Crippen LogP contribution in [0.4, 0.5) is 10.2 Å². The van der Waals surface area contributed by atoms with Crippen LogP contribution in [0.2, 0.25) is 0 Å². The zero-order chi connectivity index (χ0) is 19.7. The Morgan fingerprint density at radius 2 is 2.29 bits per heavy atom. The summed E-state index contributed by atoms with van der Waals surface area (Å²) >= 11 is 0. The van der Waals surface area contributed by atoms with Gasteiger partial charge in [-0.05, 0) is 37.1 Å². The van der Waals surface area contributed by atoms with Gasteiger partial charge in [0.15, 0.2) is 0 Å². The first-order chi connectivity index (χ1) is 13.6. The number of ether oxygens (including phenoxy) is 1. The number of fused-ring (bicyclic) bond motifs is 1. The number of aromatic amines is 1. The van der Waals surface area contributed by atoms with Crippen LogP contribution in [-0.2, 0) is 4.74 Å². The highest BCUT2D eigenvalue weighted by Gasteiger charge is 2.33. The minimum Gasteiger partial charge on any atom is -0.380 e. The Labute approximate surface area is 161 Å². The molecule has 3 heterocycles. The first kappa shape index (κ1) is 18.4. The van der Waals surface area contributed by atoms with Gasteiger partial charge in [0, 0.05) is 31.8 Å². The van der Waals surface area contributed by atoms with E-state index in [9.17, 15) is 9.18 Å². The molecule has 1 saturated heterocycles. The Bertz CT molecular complexity index is 952. The van der Waals surface area contributed by atoms with Crippen molar-refractivity contribution in [3.05, 3.63) is 53.9 Å². The van der Waals surface area contributed by atoms with Gasteiger partial charge in [0.1, 0.15) is 23.7 Å². The SMILES string of the molecule is CO[C@H]1C[C@@H](CNC(=O)c2cc3c(C)ccc(F)c3[nH]2)N(c2ccncn2)C1. The van der Waals surface area contributed by atoms with Gasteiger partial charge in [-0.2, -0.15) is 0 Å². The molecule has 0 unspecified atom stereocenters. The van der Waals surface area contributed by atoms with E-state index < -0.39 is 0 Å². The second-order valence-corrected chi connectivity index (χ2v) is 7.01. The van der Waals surface area contributed by atoms with Crippen LogP contribution in [0.1, 0.15) is 22.5 Å². The third-order valence-electron chi connectivity index (χ3n) is 5.27. The molecule has 3 aromatic rings. The zero-order valence-electron chi connectivity index (χ0n) is 15.8. The van der Waals surface area contributed by atoms with Crippen molar-refractivity contribution in [2.24, 2.45) is 0 Å². The molecule has 0 spiro atoms. The first-order valence-corrected chi connectivity index (χ1v) is 9.18. The summed E-state index contributed by atoms with van der Waals surface area (Å²) in [5, 5.41) is 3.67. The van der Waals surface area contributed by atoms with Crippen LogP contribution in [0.5, 0.6) is 0 Å². The van der Waals surface area contributed by atoms with Gasteiger partial charge in [-0.1, -0.05) is 6.07 Å². The number of carbonyl (C=O) groups excluding carboxylic acids is 1. The van der Waals surface area contributed by atoms with Crippen molar-refractivity contribution >= 4 is 22.6 Å². The lowest BCUT2D eigenvalue weighted by Gasteiger charge is -2.25. The number of methoxy groups -OCH3 is 1. The van der Waals surface area contributed by atoms with Crippen molar-refractivity contribution in [1.29, 1.82) is 0 Å². The molecule has 2 atom stereocenters. The minimum absolute atomic E-state index is 0.0478. The zero-order valence-corrected chi connectivity index (χ0v) is 15.8. The number of amides is 1. The molecule has 0 bridgehead atoms. The third-order valence-corrected chi connectivity index (χ3v) is 5.27. The van der Waals surface area contributed by atoms with E-state index in [0.717, 1.165) is 17.8 Å². The molecular weight excluding hydrogens is 361 g/mol. The number of anilines is 1. The highest BCUT2D eigenvalue weighted by atomic mass is 19.1. The van der Waals surface area contributed by atoms with E-state index in [2.05, 4.69) is 25.2 Å². The van der Waals surface area contributed by atoms with E-state index in [1.165, 1.54) is 12.4 Å². The lowest BCUT2D eigenvalue weighted by Crippen LogP contribution is -2.40. The summed E-state index contributed by atoms with van der Waals surface area (Å²) in [7, 11) is 1.69. The lowest BCUT2D eigenvalue weighted by atomic mass is 10.1. The van der Waals surface area contributed by atoms with Gasteiger partial charge < -0.3 is 19.9 Å². The molecule has 0 radical (unpaired) electrons. The van der Waals surface area contributed by atoms with Crippen molar-refractivity contribution in [2.45, 2.75) is 25.5 Å². The van der Waals surface area contributed by atoms with Crippen molar-refractivity contribution in [3.63, 3.8) is 0 Å². The fourth-order valence-corrected chi connectivity index (χ4v) is 3.73. The number of halogens is 1. The average Bonchev–Trinajstić information content (AvgIpc) is 3.35. The number of rotatable bonds is 5. The van der Waals surface area contributed by atoms with Crippen molar-refractivity contribution < 1.29 is 13.9 Å². The molecule has 28 heavy (non-hydrogen) atoms. The Morgan fingerprint density at radius 1 is 1.43 bits per heavy atom. The molecule has 2 N–H and O–H groups in total. The van der Waals surface area contributed by atoms with Gasteiger partial charge in [0.25, 0.3) is 5.91 Å². The molecule has 1 fully saturated rings. The highest BCUT2D eigenvalue weighted by molar-refractivity contribution is 5.99. The molecule has 1 amide bonds. The highest BCUT2D eigenvalue weighted by Crippen LogP contribution is 2.25. The minimum atomic E-state index is -0.367. The van der Waals surface area contributed by atoms with Gasteiger partial charge in [0.05, 0.1) is 17.7 Å². The average molecular weight is 383 g/mol. The first-order valence-electron chi connectivity index (χ1n) is 9.18. The van der Waals surface area contributed by atoms with Gasteiger partial charge in [-0.15, -0.1) is 0 Å². The molecule has 146 valence electrons. The number of hydrogen-bond acceptors (Lipinski definition) is 5. The standard InChI is InChI=1S/C20H22FN5O2/c1-12-3-4-16(21)19-15(12)8-17(25-19)20(27)23-9-13-7-14(28-2)10-26(13)18-5-6-22-11-24-18/h3-6,8,11,13-14,25H,7,9-10H2,1-2H3,(H,23,27)/t13-,14-/m0/s1. The van der Waals surface area contributed by atoms with Gasteiger partial charge in [-0.25, -0.2) is 14.4 Å². The van der Waals surface area contributed by atoms with Gasteiger partial charge in [-0.3, -0.25) is 4.79 Å². The Kier molecular flexibility index (Phi) is 4.95. The second kappa shape index (κ2) is 7.55. The Morgan fingerprint density at radius 3 is 3.00 bits per heavy atom. The van der Waals surface area contributed by atoms with E-state index in [0.29, 0.717) is 29.7 Å². The molecule has 4 rings (SSSR count). The topological polar surface area (TPSA) is 83.1 Å². The predicted octanol–water partition coefficient (Wildman–Crippen LogP) is 2.43. The van der Waals surface area contributed by atoms with E-state index in [1.54, 1.807) is 25.4 Å². The Balaban J connectivity index is 1.49. The van der Waals surface area contributed by atoms with E-state index in [-0.39, 0.29) is 23.9 Å². The van der Waals surface area contributed by atoms with Gasteiger partial charge in [0.2, 0.25) is 0 Å². The molecule has 7 nitrogen and oxygen atoms in total. The van der Waals surface area contributed by atoms with Crippen molar-refractivity contribution in [1.82, 2.24) is 20.3 Å².